The van der Waals surface area contributed by atoms with Crippen LogP contribution in [0.5, 0.6) is 0 Å². The van der Waals surface area contributed by atoms with Crippen LogP contribution in [-0.4, -0.2) is 11.0 Å². The summed E-state index contributed by atoms with van der Waals surface area (Å²) in [6.07, 6.45) is 0. The van der Waals surface area contributed by atoms with Crippen LogP contribution in [0.25, 0.3) is 0 Å². The van der Waals surface area contributed by atoms with Gasteiger partial charge in [-0.25, -0.2) is 0 Å². The predicted octanol–water partition coefficient (Wildman–Crippen LogP) is 3.60. The number of hydrogen-bond donors (Lipinski definition) is 2. The van der Waals surface area contributed by atoms with E-state index in [0.29, 0.717) is 0 Å². The maximum Gasteiger partial charge on any atom is 0.221 e. The van der Waals surface area contributed by atoms with Crippen molar-refractivity contribution in [2.75, 3.05) is 5.32 Å². The van der Waals surface area contributed by atoms with Gasteiger partial charge in [-0.15, -0.1) is 0 Å². The minimum absolute atomic E-state index is 0.0667. The van der Waals surface area contributed by atoms with E-state index in [2.05, 4.69) is 5.32 Å². The fourth-order valence-electron chi connectivity index (χ4n) is 1.86. The maximum absolute atomic E-state index is 11.0. The fourth-order valence-corrected chi connectivity index (χ4v) is 2.74. The number of aliphatic hydroxyl groups is 1. The molecule has 0 radical (unpaired) electrons. The van der Waals surface area contributed by atoms with Crippen LogP contribution in [0.1, 0.15) is 18.1 Å². The van der Waals surface area contributed by atoms with Gasteiger partial charge in [0.2, 0.25) is 5.91 Å². The lowest BCUT2D eigenvalue weighted by Gasteiger charge is -2.08. The van der Waals surface area contributed by atoms with Gasteiger partial charge < -0.3 is 10.4 Å². The van der Waals surface area contributed by atoms with Crippen molar-refractivity contribution in [2.24, 2.45) is 0 Å². The highest BCUT2D eigenvalue weighted by atomic mass is 32.2. The van der Waals surface area contributed by atoms with Gasteiger partial charge in [-0.2, -0.15) is 0 Å². The van der Waals surface area contributed by atoms with Crippen molar-refractivity contribution in [3.05, 3.63) is 53.6 Å². The molecule has 2 rings (SSSR count). The largest absolute Gasteiger partial charge is 0.392 e. The second kappa shape index (κ2) is 6.59. The van der Waals surface area contributed by atoms with Crippen molar-refractivity contribution in [1.82, 2.24) is 0 Å². The van der Waals surface area contributed by atoms with E-state index in [1.807, 2.05) is 49.4 Å². The number of aryl methyl sites for hydroxylation is 1. The second-order valence-electron chi connectivity index (χ2n) is 4.57. The molecule has 0 aromatic heterocycles. The number of carbonyl (C=O) groups excluding carboxylic acids is 1. The molecule has 0 saturated carbocycles. The van der Waals surface area contributed by atoms with E-state index < -0.39 is 0 Å². The fraction of sp³-hybridized carbons (Fsp3) is 0.188. The highest BCUT2D eigenvalue weighted by Crippen LogP contribution is 2.31. The van der Waals surface area contributed by atoms with Crippen LogP contribution in [0, 0.1) is 6.92 Å². The summed E-state index contributed by atoms with van der Waals surface area (Å²) in [5.41, 5.74) is 2.87. The molecule has 1 amide bonds. The Morgan fingerprint density at radius 1 is 1.20 bits per heavy atom. The minimum atomic E-state index is -0.0687. The van der Waals surface area contributed by atoms with Gasteiger partial charge in [0.1, 0.15) is 0 Å². The highest BCUT2D eigenvalue weighted by Gasteiger charge is 2.03. The summed E-state index contributed by atoms with van der Waals surface area (Å²) in [5.74, 6) is -0.0687. The third-order valence-electron chi connectivity index (χ3n) is 2.82. The molecule has 2 N–H and O–H groups in total. The summed E-state index contributed by atoms with van der Waals surface area (Å²) in [6.45, 7) is 3.60. The number of carbonyl (C=O) groups is 1. The Morgan fingerprint density at radius 2 is 1.90 bits per heavy atom. The van der Waals surface area contributed by atoms with Gasteiger partial charge in [-0.05, 0) is 48.4 Å². The average molecular weight is 287 g/mol. The third kappa shape index (κ3) is 3.85. The molecule has 0 atom stereocenters. The van der Waals surface area contributed by atoms with Crippen LogP contribution in [0.15, 0.2) is 52.3 Å². The van der Waals surface area contributed by atoms with Crippen molar-refractivity contribution < 1.29 is 9.90 Å². The monoisotopic (exact) mass is 287 g/mol. The number of amides is 1. The average Bonchev–Trinajstić information content (AvgIpc) is 2.42. The molecule has 2 aromatic carbocycles. The smallest absolute Gasteiger partial charge is 0.221 e. The van der Waals surface area contributed by atoms with E-state index >= 15 is 0 Å². The Balaban J connectivity index is 2.12. The van der Waals surface area contributed by atoms with E-state index in [0.717, 1.165) is 26.6 Å². The zero-order valence-electron chi connectivity index (χ0n) is 11.5. The maximum atomic E-state index is 11.0. The molecule has 0 aliphatic rings. The van der Waals surface area contributed by atoms with Crippen LogP contribution >= 0.6 is 11.8 Å². The first kappa shape index (κ1) is 14.6. The quantitative estimate of drug-likeness (QED) is 0.903. The van der Waals surface area contributed by atoms with Crippen molar-refractivity contribution >= 4 is 23.4 Å². The van der Waals surface area contributed by atoms with Crippen molar-refractivity contribution in [3.63, 3.8) is 0 Å². The molecule has 0 bridgehead atoms. The first-order valence-corrected chi connectivity index (χ1v) is 7.16. The number of nitrogens with one attached hydrogen (secondary N) is 1. The lowest BCUT2D eigenvalue weighted by molar-refractivity contribution is -0.114. The number of anilines is 1. The molecule has 0 fully saturated rings. The predicted molar refractivity (Wildman–Crippen MR) is 82.0 cm³/mol. The zero-order valence-corrected chi connectivity index (χ0v) is 12.3. The van der Waals surface area contributed by atoms with E-state index in [9.17, 15) is 4.79 Å². The number of hydrogen-bond acceptors (Lipinski definition) is 3. The van der Waals surface area contributed by atoms with E-state index in [4.69, 9.17) is 5.11 Å². The van der Waals surface area contributed by atoms with Gasteiger partial charge >= 0.3 is 0 Å². The molecule has 20 heavy (non-hydrogen) atoms. The molecule has 0 aliphatic heterocycles. The van der Waals surface area contributed by atoms with Gasteiger partial charge in [0.25, 0.3) is 0 Å². The minimum Gasteiger partial charge on any atom is -0.392 e. The zero-order chi connectivity index (χ0) is 14.5. The van der Waals surface area contributed by atoms with Crippen molar-refractivity contribution in [2.45, 2.75) is 30.2 Å². The Labute approximate surface area is 123 Å². The normalized spacial score (nSPS) is 10.3. The highest BCUT2D eigenvalue weighted by molar-refractivity contribution is 7.99. The van der Waals surface area contributed by atoms with Crippen molar-refractivity contribution in [3.8, 4) is 0 Å². The number of benzene rings is 2. The molecule has 104 valence electrons. The molecular formula is C16H17NO2S. The van der Waals surface area contributed by atoms with Crippen LogP contribution in [0.3, 0.4) is 0 Å². The Hall–Kier alpha value is -1.78. The number of aliphatic hydroxyl groups excluding tert-OH is 1. The SMILES string of the molecule is CC(=O)Nc1ccc(Sc2ccc(CO)cc2C)cc1. The van der Waals surface area contributed by atoms with E-state index in [1.54, 1.807) is 11.8 Å². The summed E-state index contributed by atoms with van der Waals surface area (Å²) >= 11 is 1.67. The van der Waals surface area contributed by atoms with Gasteiger partial charge in [0.15, 0.2) is 0 Å². The first-order chi connectivity index (χ1) is 9.58. The molecule has 0 spiro atoms. The van der Waals surface area contributed by atoms with Gasteiger partial charge in [-0.3, -0.25) is 4.79 Å². The third-order valence-corrected chi connectivity index (χ3v) is 4.01. The molecule has 4 heteroatoms. The van der Waals surface area contributed by atoms with Gasteiger partial charge in [0, 0.05) is 22.4 Å². The van der Waals surface area contributed by atoms with Crippen LogP contribution < -0.4 is 5.32 Å². The lowest BCUT2D eigenvalue weighted by atomic mass is 10.1. The van der Waals surface area contributed by atoms with Crippen LogP contribution in [0.2, 0.25) is 0 Å². The molecule has 0 heterocycles. The topological polar surface area (TPSA) is 49.3 Å². The van der Waals surface area contributed by atoms with Gasteiger partial charge in [0.05, 0.1) is 6.61 Å². The lowest BCUT2D eigenvalue weighted by Crippen LogP contribution is -2.05. The molecule has 0 unspecified atom stereocenters. The molecule has 0 saturated heterocycles. The number of rotatable bonds is 4. The summed E-state index contributed by atoms with van der Waals surface area (Å²) in [6, 6.07) is 13.7. The molecule has 0 aliphatic carbocycles. The summed E-state index contributed by atoms with van der Waals surface area (Å²) < 4.78 is 0. The van der Waals surface area contributed by atoms with E-state index in [1.165, 1.54) is 6.92 Å². The molecule has 3 nitrogen and oxygen atoms in total. The molecular weight excluding hydrogens is 270 g/mol. The summed E-state index contributed by atoms with van der Waals surface area (Å²) in [4.78, 5) is 13.2. The standard InChI is InChI=1S/C16H17NO2S/c1-11-9-13(10-18)3-8-16(11)20-15-6-4-14(5-7-15)17-12(2)19/h3-9,18H,10H2,1-2H3,(H,17,19). The second-order valence-corrected chi connectivity index (χ2v) is 5.68. The van der Waals surface area contributed by atoms with Crippen LogP contribution in [0.4, 0.5) is 5.69 Å². The molecule has 2 aromatic rings. The summed E-state index contributed by atoms with van der Waals surface area (Å²) in [7, 11) is 0. The van der Waals surface area contributed by atoms with Gasteiger partial charge in [-0.1, -0.05) is 23.9 Å². The van der Waals surface area contributed by atoms with E-state index in [-0.39, 0.29) is 12.5 Å². The Morgan fingerprint density at radius 3 is 2.45 bits per heavy atom. The van der Waals surface area contributed by atoms with Crippen molar-refractivity contribution in [1.29, 1.82) is 0 Å². The Kier molecular flexibility index (Phi) is 4.82. The summed E-state index contributed by atoms with van der Waals surface area (Å²) in [5, 5.41) is 11.9. The van der Waals surface area contributed by atoms with Crippen LogP contribution in [-0.2, 0) is 11.4 Å². The first-order valence-electron chi connectivity index (χ1n) is 6.34. The Bertz CT molecular complexity index is 608.